The van der Waals surface area contributed by atoms with Crippen LogP contribution in [0.2, 0.25) is 0 Å². The Labute approximate surface area is 145 Å². The van der Waals surface area contributed by atoms with E-state index in [-0.39, 0.29) is 12.4 Å². The molecule has 1 aliphatic carbocycles. The highest BCUT2D eigenvalue weighted by Gasteiger charge is 2.34. The number of nitrogens with one attached hydrogen (secondary N) is 2. The third-order valence-corrected chi connectivity index (χ3v) is 5.04. The molecular formula is C18H29ClN2O2. The SMILES string of the molecule is Cc1cccc(C(O)CNC2CCCC2C2COCCN2)c1.Cl. The Kier molecular flexibility index (Phi) is 7.31. The maximum absolute atomic E-state index is 10.4. The van der Waals surface area contributed by atoms with Gasteiger partial charge in [-0.15, -0.1) is 12.4 Å². The van der Waals surface area contributed by atoms with Crippen molar-refractivity contribution in [1.82, 2.24) is 10.6 Å². The standard InChI is InChI=1S/C18H28N2O2.ClH/c1-13-4-2-5-14(10-13)18(21)11-20-16-7-3-6-15(16)17-12-22-9-8-19-17;/h2,4-5,10,15-21H,3,6-9,11-12H2,1H3;1H. The Morgan fingerprint density at radius 2 is 2.26 bits per heavy atom. The van der Waals surface area contributed by atoms with Crippen molar-refractivity contribution in [1.29, 1.82) is 0 Å². The third-order valence-electron chi connectivity index (χ3n) is 5.04. The molecule has 4 atom stereocenters. The van der Waals surface area contributed by atoms with Gasteiger partial charge in [0.15, 0.2) is 0 Å². The predicted molar refractivity (Wildman–Crippen MR) is 95.1 cm³/mol. The van der Waals surface area contributed by atoms with E-state index in [2.05, 4.69) is 29.7 Å². The smallest absolute Gasteiger partial charge is 0.0914 e. The molecule has 1 aromatic carbocycles. The van der Waals surface area contributed by atoms with Gasteiger partial charge in [-0.1, -0.05) is 36.2 Å². The quantitative estimate of drug-likeness (QED) is 0.769. The zero-order chi connectivity index (χ0) is 15.4. The number of benzene rings is 1. The van der Waals surface area contributed by atoms with Crippen molar-refractivity contribution in [2.45, 2.75) is 44.4 Å². The zero-order valence-corrected chi connectivity index (χ0v) is 14.6. The fourth-order valence-electron chi connectivity index (χ4n) is 3.84. The minimum atomic E-state index is -0.434. The zero-order valence-electron chi connectivity index (χ0n) is 13.8. The van der Waals surface area contributed by atoms with Crippen molar-refractivity contribution in [2.24, 2.45) is 5.92 Å². The first-order chi connectivity index (χ1) is 10.7. The molecule has 0 radical (unpaired) electrons. The number of ether oxygens (including phenoxy) is 1. The van der Waals surface area contributed by atoms with E-state index in [9.17, 15) is 5.11 Å². The summed E-state index contributed by atoms with van der Waals surface area (Å²) >= 11 is 0. The predicted octanol–water partition coefficient (Wildman–Crippen LogP) is 2.20. The molecular weight excluding hydrogens is 312 g/mol. The summed E-state index contributed by atoms with van der Waals surface area (Å²) in [6.45, 7) is 5.29. The minimum Gasteiger partial charge on any atom is -0.387 e. The van der Waals surface area contributed by atoms with Gasteiger partial charge < -0.3 is 20.5 Å². The molecule has 2 fully saturated rings. The van der Waals surface area contributed by atoms with Crippen LogP contribution in [0.3, 0.4) is 0 Å². The van der Waals surface area contributed by atoms with Crippen molar-refractivity contribution in [3.8, 4) is 0 Å². The lowest BCUT2D eigenvalue weighted by atomic mass is 9.93. The lowest BCUT2D eigenvalue weighted by Crippen LogP contribution is -2.51. The normalized spacial score (nSPS) is 29.0. The molecule has 0 amide bonds. The molecule has 3 rings (SSSR count). The van der Waals surface area contributed by atoms with Gasteiger partial charge in [0, 0.05) is 25.2 Å². The number of aliphatic hydroxyl groups excluding tert-OH is 1. The number of aliphatic hydroxyl groups is 1. The molecule has 0 bridgehead atoms. The fourth-order valence-corrected chi connectivity index (χ4v) is 3.84. The van der Waals surface area contributed by atoms with Crippen molar-refractivity contribution in [2.75, 3.05) is 26.3 Å². The van der Waals surface area contributed by atoms with E-state index in [0.717, 1.165) is 25.3 Å². The van der Waals surface area contributed by atoms with Gasteiger partial charge in [0.25, 0.3) is 0 Å². The number of hydrogen-bond donors (Lipinski definition) is 3. The Morgan fingerprint density at radius 3 is 3.00 bits per heavy atom. The van der Waals surface area contributed by atoms with Crippen LogP contribution in [0.25, 0.3) is 0 Å². The highest BCUT2D eigenvalue weighted by molar-refractivity contribution is 5.85. The fraction of sp³-hybridized carbons (Fsp3) is 0.667. The van der Waals surface area contributed by atoms with Crippen LogP contribution in [0.1, 0.15) is 36.5 Å². The Balaban J connectivity index is 0.00000192. The van der Waals surface area contributed by atoms with Crippen molar-refractivity contribution < 1.29 is 9.84 Å². The second-order valence-corrected chi connectivity index (χ2v) is 6.67. The molecule has 4 unspecified atom stereocenters. The molecule has 0 aromatic heterocycles. The molecule has 1 saturated heterocycles. The van der Waals surface area contributed by atoms with Crippen LogP contribution in [-0.4, -0.2) is 43.5 Å². The molecule has 1 heterocycles. The summed E-state index contributed by atoms with van der Waals surface area (Å²) < 4.78 is 5.61. The Morgan fingerprint density at radius 1 is 1.39 bits per heavy atom. The third kappa shape index (κ3) is 4.91. The van der Waals surface area contributed by atoms with Gasteiger partial charge in [0.2, 0.25) is 0 Å². The van der Waals surface area contributed by atoms with Crippen LogP contribution < -0.4 is 10.6 Å². The second-order valence-electron chi connectivity index (χ2n) is 6.67. The van der Waals surface area contributed by atoms with E-state index in [1.54, 1.807) is 0 Å². The maximum atomic E-state index is 10.4. The topological polar surface area (TPSA) is 53.5 Å². The van der Waals surface area contributed by atoms with Gasteiger partial charge in [0.05, 0.1) is 19.3 Å². The minimum absolute atomic E-state index is 0. The average Bonchev–Trinajstić information content (AvgIpc) is 3.02. The molecule has 130 valence electrons. The number of hydrogen-bond acceptors (Lipinski definition) is 4. The van der Waals surface area contributed by atoms with Crippen LogP contribution in [0.15, 0.2) is 24.3 Å². The molecule has 23 heavy (non-hydrogen) atoms. The van der Waals surface area contributed by atoms with Gasteiger partial charge in [-0.3, -0.25) is 0 Å². The second kappa shape index (κ2) is 9.00. The first kappa shape index (κ1) is 18.7. The average molecular weight is 341 g/mol. The summed E-state index contributed by atoms with van der Waals surface area (Å²) in [6, 6.07) is 9.08. The van der Waals surface area contributed by atoms with Crippen LogP contribution in [0.5, 0.6) is 0 Å². The van der Waals surface area contributed by atoms with Crippen molar-refractivity contribution in [3.05, 3.63) is 35.4 Å². The lowest BCUT2D eigenvalue weighted by Gasteiger charge is -2.33. The van der Waals surface area contributed by atoms with Crippen LogP contribution in [0.4, 0.5) is 0 Å². The summed E-state index contributed by atoms with van der Waals surface area (Å²) in [6.07, 6.45) is 3.28. The molecule has 1 aliphatic heterocycles. The van der Waals surface area contributed by atoms with Crippen molar-refractivity contribution >= 4 is 12.4 Å². The molecule has 1 saturated carbocycles. The summed E-state index contributed by atoms with van der Waals surface area (Å²) in [7, 11) is 0. The monoisotopic (exact) mass is 340 g/mol. The summed E-state index contributed by atoms with van der Waals surface area (Å²) in [5.41, 5.74) is 2.19. The van der Waals surface area contributed by atoms with E-state index < -0.39 is 6.10 Å². The van der Waals surface area contributed by atoms with Crippen molar-refractivity contribution in [3.63, 3.8) is 0 Å². The molecule has 0 spiro atoms. The van der Waals surface area contributed by atoms with Gasteiger partial charge in [-0.25, -0.2) is 0 Å². The lowest BCUT2D eigenvalue weighted by molar-refractivity contribution is 0.0513. The number of halogens is 1. The molecule has 3 N–H and O–H groups in total. The largest absolute Gasteiger partial charge is 0.387 e. The Hall–Kier alpha value is -0.650. The first-order valence-corrected chi connectivity index (χ1v) is 8.53. The maximum Gasteiger partial charge on any atom is 0.0914 e. The highest BCUT2D eigenvalue weighted by Crippen LogP contribution is 2.29. The molecule has 5 heteroatoms. The van der Waals surface area contributed by atoms with E-state index >= 15 is 0 Å². The van der Waals surface area contributed by atoms with E-state index in [4.69, 9.17) is 4.74 Å². The molecule has 4 nitrogen and oxygen atoms in total. The van der Waals surface area contributed by atoms with Crippen LogP contribution >= 0.6 is 12.4 Å². The van der Waals surface area contributed by atoms with Gasteiger partial charge >= 0.3 is 0 Å². The first-order valence-electron chi connectivity index (χ1n) is 8.53. The van der Waals surface area contributed by atoms with Gasteiger partial charge in [0.1, 0.15) is 0 Å². The number of morpholine rings is 1. The van der Waals surface area contributed by atoms with Gasteiger partial charge in [-0.05, 0) is 31.2 Å². The number of aryl methyl sites for hydroxylation is 1. The van der Waals surface area contributed by atoms with E-state index in [1.807, 2.05) is 12.1 Å². The summed E-state index contributed by atoms with van der Waals surface area (Å²) in [5.74, 6) is 0.616. The van der Waals surface area contributed by atoms with E-state index in [0.29, 0.717) is 24.5 Å². The highest BCUT2D eigenvalue weighted by atomic mass is 35.5. The van der Waals surface area contributed by atoms with Crippen LogP contribution in [-0.2, 0) is 4.74 Å². The Bertz CT molecular complexity index is 480. The summed E-state index contributed by atoms with van der Waals surface area (Å²) in [4.78, 5) is 0. The van der Waals surface area contributed by atoms with Crippen LogP contribution in [0, 0.1) is 12.8 Å². The van der Waals surface area contributed by atoms with E-state index in [1.165, 1.54) is 24.8 Å². The summed E-state index contributed by atoms with van der Waals surface area (Å²) in [5, 5.41) is 17.6. The number of rotatable bonds is 5. The van der Waals surface area contributed by atoms with Gasteiger partial charge in [-0.2, -0.15) is 0 Å². The molecule has 2 aliphatic rings. The molecule has 1 aromatic rings.